The molecule has 0 aromatic heterocycles. The lowest BCUT2D eigenvalue weighted by Gasteiger charge is -2.29. The summed E-state index contributed by atoms with van der Waals surface area (Å²) in [6.45, 7) is 0. The van der Waals surface area contributed by atoms with Crippen molar-refractivity contribution in [2.45, 2.75) is 50.7 Å². The first-order chi connectivity index (χ1) is 11.3. The Labute approximate surface area is 137 Å². The molecule has 3 rings (SSSR count). The minimum atomic E-state index is -0.102. The molecule has 0 heterocycles. The Kier molecular flexibility index (Phi) is 5.35. The van der Waals surface area contributed by atoms with Crippen molar-refractivity contribution >= 4 is 6.03 Å². The Morgan fingerprint density at radius 3 is 2.52 bits per heavy atom. The summed E-state index contributed by atoms with van der Waals surface area (Å²) < 4.78 is 5.98. The number of hydrogen-bond acceptors (Lipinski definition) is 2. The summed E-state index contributed by atoms with van der Waals surface area (Å²) in [4.78, 5) is 12.0. The molecule has 1 aromatic rings. The first-order valence-corrected chi connectivity index (χ1v) is 8.45. The van der Waals surface area contributed by atoms with Crippen LogP contribution in [0.15, 0.2) is 54.3 Å². The van der Waals surface area contributed by atoms with Gasteiger partial charge in [0, 0.05) is 11.7 Å². The molecule has 2 N–H and O–H groups in total. The zero-order chi connectivity index (χ0) is 15.9. The van der Waals surface area contributed by atoms with E-state index in [1.54, 1.807) is 0 Å². The third-order valence-corrected chi connectivity index (χ3v) is 4.31. The van der Waals surface area contributed by atoms with Gasteiger partial charge < -0.3 is 15.4 Å². The van der Waals surface area contributed by atoms with Crippen molar-refractivity contribution in [1.29, 1.82) is 0 Å². The summed E-state index contributed by atoms with van der Waals surface area (Å²) in [7, 11) is 0. The van der Waals surface area contributed by atoms with Crippen LogP contribution < -0.4 is 15.4 Å². The molecular formula is C19H24N2O2. The van der Waals surface area contributed by atoms with Crippen LogP contribution in [0, 0.1) is 0 Å². The van der Waals surface area contributed by atoms with Crippen LogP contribution in [0.25, 0.3) is 0 Å². The van der Waals surface area contributed by atoms with Crippen LogP contribution in [0.3, 0.4) is 0 Å². The predicted octanol–water partition coefficient (Wildman–Crippen LogP) is 3.91. The fourth-order valence-electron chi connectivity index (χ4n) is 3.08. The van der Waals surface area contributed by atoms with E-state index in [1.807, 2.05) is 36.4 Å². The fraction of sp³-hybridized carbons (Fsp3) is 0.421. The Hall–Kier alpha value is -2.23. The molecule has 2 amide bonds. The maximum atomic E-state index is 12.0. The quantitative estimate of drug-likeness (QED) is 0.885. The number of para-hydroxylation sites is 1. The molecule has 0 bridgehead atoms. The van der Waals surface area contributed by atoms with Crippen LogP contribution in [0.2, 0.25) is 0 Å². The molecule has 122 valence electrons. The second-order valence-corrected chi connectivity index (χ2v) is 6.14. The average molecular weight is 312 g/mol. The van der Waals surface area contributed by atoms with E-state index < -0.39 is 0 Å². The number of benzene rings is 1. The maximum absolute atomic E-state index is 12.0. The topological polar surface area (TPSA) is 50.4 Å². The number of rotatable bonds is 4. The van der Waals surface area contributed by atoms with E-state index in [2.05, 4.69) is 22.8 Å². The second-order valence-electron chi connectivity index (χ2n) is 6.14. The highest BCUT2D eigenvalue weighted by Crippen LogP contribution is 2.23. The normalized spacial score (nSPS) is 23.7. The number of ether oxygens (including phenoxy) is 1. The molecule has 0 atom stereocenters. The lowest BCUT2D eigenvalue weighted by molar-refractivity contribution is 0.140. The van der Waals surface area contributed by atoms with Crippen molar-refractivity contribution in [3.63, 3.8) is 0 Å². The summed E-state index contributed by atoms with van der Waals surface area (Å²) in [5.41, 5.74) is 0.898. The van der Waals surface area contributed by atoms with E-state index >= 15 is 0 Å². The van der Waals surface area contributed by atoms with Crippen molar-refractivity contribution in [3.8, 4) is 5.75 Å². The summed E-state index contributed by atoms with van der Waals surface area (Å²) in [6.07, 6.45) is 12.3. The second kappa shape index (κ2) is 7.86. The molecular weight excluding hydrogens is 288 g/mol. The number of hydrogen-bond donors (Lipinski definition) is 2. The third-order valence-electron chi connectivity index (χ3n) is 4.31. The van der Waals surface area contributed by atoms with E-state index in [4.69, 9.17) is 4.74 Å². The highest BCUT2D eigenvalue weighted by atomic mass is 16.5. The van der Waals surface area contributed by atoms with Gasteiger partial charge in [0.05, 0.1) is 6.10 Å². The average Bonchev–Trinajstić information content (AvgIpc) is 2.58. The molecule has 0 radical (unpaired) electrons. The number of carbonyl (C=O) groups excluding carboxylic acids is 1. The van der Waals surface area contributed by atoms with Gasteiger partial charge in [-0.1, -0.05) is 30.4 Å². The van der Waals surface area contributed by atoms with Crippen molar-refractivity contribution in [3.05, 3.63) is 54.3 Å². The SMILES string of the molecule is O=C(NC1=CCCC=C1)NC1CCC(Oc2ccccc2)CC1. The molecule has 4 heteroatoms. The first kappa shape index (κ1) is 15.7. The molecule has 2 aliphatic carbocycles. The minimum Gasteiger partial charge on any atom is -0.490 e. The van der Waals surface area contributed by atoms with Gasteiger partial charge in [-0.05, 0) is 56.7 Å². The van der Waals surface area contributed by atoms with E-state index in [1.165, 1.54) is 0 Å². The standard InChI is InChI=1S/C19H24N2O2/c22-19(20-15-7-3-1-4-8-15)21-16-11-13-18(14-12-16)23-17-9-5-2-6-10-17/h2-3,5-10,16,18H,1,4,11-14H2,(H2,20,21,22). The van der Waals surface area contributed by atoms with Gasteiger partial charge in [-0.25, -0.2) is 4.79 Å². The van der Waals surface area contributed by atoms with E-state index in [0.29, 0.717) is 0 Å². The zero-order valence-electron chi connectivity index (χ0n) is 13.3. The Balaban J connectivity index is 1.39. The summed E-state index contributed by atoms with van der Waals surface area (Å²) >= 11 is 0. The van der Waals surface area contributed by atoms with Gasteiger partial charge >= 0.3 is 6.03 Å². The predicted molar refractivity (Wildman–Crippen MR) is 91.2 cm³/mol. The van der Waals surface area contributed by atoms with E-state index in [0.717, 1.165) is 50.0 Å². The van der Waals surface area contributed by atoms with E-state index in [9.17, 15) is 4.79 Å². The summed E-state index contributed by atoms with van der Waals surface area (Å²) in [6, 6.07) is 10.1. The number of urea groups is 1. The van der Waals surface area contributed by atoms with Crippen LogP contribution in [-0.2, 0) is 0 Å². The van der Waals surface area contributed by atoms with Crippen LogP contribution in [-0.4, -0.2) is 18.2 Å². The third kappa shape index (κ3) is 4.88. The van der Waals surface area contributed by atoms with Gasteiger partial charge in [-0.15, -0.1) is 0 Å². The monoisotopic (exact) mass is 312 g/mol. The van der Waals surface area contributed by atoms with Crippen molar-refractivity contribution in [2.24, 2.45) is 0 Å². The highest BCUT2D eigenvalue weighted by Gasteiger charge is 2.23. The molecule has 1 saturated carbocycles. The van der Waals surface area contributed by atoms with Gasteiger partial charge in [0.2, 0.25) is 0 Å². The van der Waals surface area contributed by atoms with Crippen molar-refractivity contribution in [2.75, 3.05) is 0 Å². The molecule has 23 heavy (non-hydrogen) atoms. The molecule has 0 spiro atoms. The summed E-state index contributed by atoms with van der Waals surface area (Å²) in [5.74, 6) is 0.928. The molecule has 4 nitrogen and oxygen atoms in total. The fourth-order valence-corrected chi connectivity index (χ4v) is 3.08. The number of nitrogens with one attached hydrogen (secondary N) is 2. The van der Waals surface area contributed by atoms with Gasteiger partial charge in [0.25, 0.3) is 0 Å². The van der Waals surface area contributed by atoms with Crippen LogP contribution in [0.4, 0.5) is 4.79 Å². The number of allylic oxidation sites excluding steroid dienone is 3. The zero-order valence-corrected chi connectivity index (χ0v) is 13.3. The number of amides is 2. The Bertz CT molecular complexity index is 572. The molecule has 0 saturated heterocycles. The maximum Gasteiger partial charge on any atom is 0.319 e. The van der Waals surface area contributed by atoms with Gasteiger partial charge in [0.1, 0.15) is 5.75 Å². The minimum absolute atomic E-state index is 0.102. The highest BCUT2D eigenvalue weighted by molar-refractivity contribution is 5.76. The lowest BCUT2D eigenvalue weighted by Crippen LogP contribution is -2.44. The van der Waals surface area contributed by atoms with Gasteiger partial charge in [-0.2, -0.15) is 0 Å². The van der Waals surface area contributed by atoms with Crippen LogP contribution >= 0.6 is 0 Å². The molecule has 0 unspecified atom stereocenters. The largest absolute Gasteiger partial charge is 0.490 e. The van der Waals surface area contributed by atoms with Crippen LogP contribution in [0.1, 0.15) is 38.5 Å². The Morgan fingerprint density at radius 2 is 1.83 bits per heavy atom. The van der Waals surface area contributed by atoms with Crippen molar-refractivity contribution < 1.29 is 9.53 Å². The summed E-state index contributed by atoms with van der Waals surface area (Å²) in [5, 5.41) is 5.98. The molecule has 1 aromatic carbocycles. The number of carbonyl (C=O) groups is 1. The Morgan fingerprint density at radius 1 is 1.04 bits per heavy atom. The van der Waals surface area contributed by atoms with Crippen molar-refractivity contribution in [1.82, 2.24) is 10.6 Å². The molecule has 0 aliphatic heterocycles. The first-order valence-electron chi connectivity index (χ1n) is 8.45. The van der Waals surface area contributed by atoms with Crippen LogP contribution in [0.5, 0.6) is 5.75 Å². The molecule has 1 fully saturated rings. The van der Waals surface area contributed by atoms with Gasteiger partial charge in [-0.3, -0.25) is 0 Å². The molecule has 2 aliphatic rings. The smallest absolute Gasteiger partial charge is 0.319 e. The van der Waals surface area contributed by atoms with Gasteiger partial charge in [0.15, 0.2) is 0 Å². The van der Waals surface area contributed by atoms with E-state index in [-0.39, 0.29) is 18.2 Å². The lowest BCUT2D eigenvalue weighted by atomic mass is 9.93.